The number of halogens is 1. The minimum absolute atomic E-state index is 0.0967. The number of rotatable bonds is 4. The average Bonchev–Trinajstić information content (AvgIpc) is 2.63. The summed E-state index contributed by atoms with van der Waals surface area (Å²) >= 11 is 3.46. The highest BCUT2D eigenvalue weighted by Crippen LogP contribution is 2.21. The summed E-state index contributed by atoms with van der Waals surface area (Å²) in [7, 11) is 1.70. The number of amides is 1. The molecule has 1 heterocycles. The van der Waals surface area contributed by atoms with Gasteiger partial charge in [0.15, 0.2) is 0 Å². The van der Waals surface area contributed by atoms with Gasteiger partial charge in [-0.15, -0.1) is 0 Å². The van der Waals surface area contributed by atoms with E-state index >= 15 is 0 Å². The molecule has 0 bridgehead atoms. The van der Waals surface area contributed by atoms with Crippen molar-refractivity contribution in [2.24, 2.45) is 0 Å². The van der Waals surface area contributed by atoms with Crippen molar-refractivity contribution in [3.63, 3.8) is 0 Å². The molecule has 0 aromatic heterocycles. The van der Waals surface area contributed by atoms with E-state index in [1.807, 2.05) is 47.4 Å². The van der Waals surface area contributed by atoms with Gasteiger partial charge >= 0.3 is 0 Å². The SMILES string of the molecule is COc1ccccc1CN1CCN(C(=O)c2ccccc2Br)CC1. The van der Waals surface area contributed by atoms with Crippen molar-refractivity contribution in [2.75, 3.05) is 33.3 Å². The van der Waals surface area contributed by atoms with Crippen LogP contribution >= 0.6 is 15.9 Å². The lowest BCUT2D eigenvalue weighted by atomic mass is 10.1. The zero-order chi connectivity index (χ0) is 16.9. The third-order valence-corrected chi connectivity index (χ3v) is 5.04. The molecule has 1 amide bonds. The van der Waals surface area contributed by atoms with Gasteiger partial charge in [-0.1, -0.05) is 30.3 Å². The molecule has 126 valence electrons. The Morgan fingerprint density at radius 1 is 1.04 bits per heavy atom. The van der Waals surface area contributed by atoms with Gasteiger partial charge in [0.2, 0.25) is 0 Å². The van der Waals surface area contributed by atoms with Crippen molar-refractivity contribution in [2.45, 2.75) is 6.54 Å². The second-order valence-electron chi connectivity index (χ2n) is 5.86. The number of carbonyl (C=O) groups excluding carboxylic acids is 1. The number of hydrogen-bond acceptors (Lipinski definition) is 3. The first-order valence-electron chi connectivity index (χ1n) is 8.07. The Hall–Kier alpha value is -1.85. The number of nitrogens with zero attached hydrogens (tertiary/aromatic N) is 2. The maximum absolute atomic E-state index is 12.6. The van der Waals surface area contributed by atoms with Gasteiger partial charge in [0.05, 0.1) is 12.7 Å². The van der Waals surface area contributed by atoms with E-state index in [1.165, 1.54) is 5.56 Å². The van der Waals surface area contributed by atoms with Crippen LogP contribution < -0.4 is 4.74 Å². The van der Waals surface area contributed by atoms with Crippen LogP contribution in [-0.2, 0) is 6.54 Å². The minimum atomic E-state index is 0.0967. The zero-order valence-electron chi connectivity index (χ0n) is 13.7. The Morgan fingerprint density at radius 2 is 1.71 bits per heavy atom. The van der Waals surface area contributed by atoms with Crippen LogP contribution in [0.5, 0.6) is 5.75 Å². The number of para-hydroxylation sites is 1. The summed E-state index contributed by atoms with van der Waals surface area (Å²) < 4.78 is 6.27. The van der Waals surface area contributed by atoms with Crippen molar-refractivity contribution < 1.29 is 9.53 Å². The second-order valence-corrected chi connectivity index (χ2v) is 6.71. The minimum Gasteiger partial charge on any atom is -0.496 e. The summed E-state index contributed by atoms with van der Waals surface area (Å²) in [6.07, 6.45) is 0. The fraction of sp³-hybridized carbons (Fsp3) is 0.316. The van der Waals surface area contributed by atoms with Crippen LogP contribution in [0.4, 0.5) is 0 Å². The van der Waals surface area contributed by atoms with E-state index in [1.54, 1.807) is 7.11 Å². The molecule has 1 saturated heterocycles. The monoisotopic (exact) mass is 388 g/mol. The van der Waals surface area contributed by atoms with Gasteiger partial charge in [0.1, 0.15) is 5.75 Å². The predicted molar refractivity (Wildman–Crippen MR) is 98.3 cm³/mol. The molecule has 0 aliphatic carbocycles. The molecule has 0 N–H and O–H groups in total. The molecule has 1 fully saturated rings. The van der Waals surface area contributed by atoms with Crippen molar-refractivity contribution in [1.82, 2.24) is 9.80 Å². The van der Waals surface area contributed by atoms with Crippen LogP contribution in [0.3, 0.4) is 0 Å². The van der Waals surface area contributed by atoms with E-state index in [0.29, 0.717) is 0 Å². The number of methoxy groups -OCH3 is 1. The molecule has 0 spiro atoms. The largest absolute Gasteiger partial charge is 0.496 e. The second kappa shape index (κ2) is 7.81. The Balaban J connectivity index is 1.60. The predicted octanol–water partition coefficient (Wildman–Crippen LogP) is 3.42. The molecular weight excluding hydrogens is 368 g/mol. The standard InChI is InChI=1S/C19H21BrN2O2/c1-24-18-9-5-2-6-15(18)14-21-10-12-22(13-11-21)19(23)16-7-3-4-8-17(16)20/h2-9H,10-14H2,1H3. The smallest absolute Gasteiger partial charge is 0.255 e. The molecule has 24 heavy (non-hydrogen) atoms. The topological polar surface area (TPSA) is 32.8 Å². The maximum Gasteiger partial charge on any atom is 0.255 e. The van der Waals surface area contributed by atoms with Crippen LogP contribution in [0.15, 0.2) is 53.0 Å². The Bertz CT molecular complexity index is 712. The molecular formula is C19H21BrN2O2. The van der Waals surface area contributed by atoms with Gasteiger partial charge in [-0.25, -0.2) is 0 Å². The van der Waals surface area contributed by atoms with E-state index < -0.39 is 0 Å². The normalized spacial score (nSPS) is 15.3. The Labute approximate surface area is 151 Å². The quantitative estimate of drug-likeness (QED) is 0.804. The highest BCUT2D eigenvalue weighted by molar-refractivity contribution is 9.10. The summed E-state index contributed by atoms with van der Waals surface area (Å²) in [6, 6.07) is 15.7. The van der Waals surface area contributed by atoms with Gasteiger partial charge in [-0.2, -0.15) is 0 Å². The van der Waals surface area contributed by atoms with E-state index in [9.17, 15) is 4.79 Å². The number of carbonyl (C=O) groups is 1. The van der Waals surface area contributed by atoms with Crippen molar-refractivity contribution in [3.05, 3.63) is 64.1 Å². The summed E-state index contributed by atoms with van der Waals surface area (Å²) in [5.41, 5.74) is 1.92. The molecule has 3 rings (SSSR count). The summed E-state index contributed by atoms with van der Waals surface area (Å²) in [5.74, 6) is 1.02. The van der Waals surface area contributed by atoms with Crippen LogP contribution in [0.1, 0.15) is 15.9 Å². The van der Waals surface area contributed by atoms with Crippen LogP contribution in [0.25, 0.3) is 0 Å². The molecule has 2 aromatic carbocycles. The summed E-state index contributed by atoms with van der Waals surface area (Å²) in [5, 5.41) is 0. The van der Waals surface area contributed by atoms with Gasteiger partial charge in [-0.3, -0.25) is 9.69 Å². The third kappa shape index (κ3) is 3.79. The van der Waals surface area contributed by atoms with Crippen LogP contribution in [0.2, 0.25) is 0 Å². The lowest BCUT2D eigenvalue weighted by molar-refractivity contribution is 0.0626. The molecule has 1 aliphatic heterocycles. The Morgan fingerprint density at radius 3 is 2.42 bits per heavy atom. The maximum atomic E-state index is 12.6. The lowest BCUT2D eigenvalue weighted by Gasteiger charge is -2.35. The molecule has 0 saturated carbocycles. The third-order valence-electron chi connectivity index (χ3n) is 4.35. The van der Waals surface area contributed by atoms with Crippen LogP contribution in [-0.4, -0.2) is 49.0 Å². The van der Waals surface area contributed by atoms with Gasteiger partial charge in [-0.05, 0) is 34.1 Å². The molecule has 1 aliphatic rings. The first-order chi connectivity index (χ1) is 11.7. The number of hydrogen-bond donors (Lipinski definition) is 0. The summed E-state index contributed by atoms with van der Waals surface area (Å²) in [6.45, 7) is 4.08. The van der Waals surface area contributed by atoms with E-state index in [2.05, 4.69) is 26.9 Å². The van der Waals surface area contributed by atoms with Gasteiger partial charge < -0.3 is 9.64 Å². The van der Waals surface area contributed by atoms with E-state index in [0.717, 1.165) is 48.5 Å². The zero-order valence-corrected chi connectivity index (χ0v) is 15.3. The average molecular weight is 389 g/mol. The fourth-order valence-corrected chi connectivity index (χ4v) is 3.44. The van der Waals surface area contributed by atoms with Crippen molar-refractivity contribution >= 4 is 21.8 Å². The molecule has 2 aromatic rings. The van der Waals surface area contributed by atoms with E-state index in [4.69, 9.17) is 4.74 Å². The highest BCUT2D eigenvalue weighted by atomic mass is 79.9. The van der Waals surface area contributed by atoms with E-state index in [-0.39, 0.29) is 5.91 Å². The first-order valence-corrected chi connectivity index (χ1v) is 8.86. The molecule has 4 nitrogen and oxygen atoms in total. The fourth-order valence-electron chi connectivity index (χ4n) is 2.99. The molecule has 0 unspecified atom stereocenters. The first kappa shape index (κ1) is 17.0. The summed E-state index contributed by atoms with van der Waals surface area (Å²) in [4.78, 5) is 16.9. The highest BCUT2D eigenvalue weighted by Gasteiger charge is 2.23. The number of ether oxygens (including phenoxy) is 1. The van der Waals surface area contributed by atoms with Gasteiger partial charge in [0.25, 0.3) is 5.91 Å². The van der Waals surface area contributed by atoms with Crippen LogP contribution in [0, 0.1) is 0 Å². The van der Waals surface area contributed by atoms with Crippen molar-refractivity contribution in [1.29, 1.82) is 0 Å². The molecule has 5 heteroatoms. The van der Waals surface area contributed by atoms with Crippen molar-refractivity contribution in [3.8, 4) is 5.75 Å². The van der Waals surface area contributed by atoms with Gasteiger partial charge in [0, 0.05) is 42.8 Å². The number of piperazine rings is 1. The number of benzene rings is 2. The Kier molecular flexibility index (Phi) is 5.53. The molecule has 0 radical (unpaired) electrons. The lowest BCUT2D eigenvalue weighted by Crippen LogP contribution is -2.48. The molecule has 0 atom stereocenters.